The lowest BCUT2D eigenvalue weighted by molar-refractivity contribution is -0.136. The second-order valence-electron chi connectivity index (χ2n) is 6.24. The number of nitrogens with one attached hydrogen (secondary N) is 2. The highest BCUT2D eigenvalue weighted by Crippen LogP contribution is 2.22. The Kier molecular flexibility index (Phi) is 5.33. The number of amides is 2. The van der Waals surface area contributed by atoms with Gasteiger partial charge in [0.05, 0.1) is 6.04 Å². The Morgan fingerprint density at radius 1 is 1.13 bits per heavy atom. The summed E-state index contributed by atoms with van der Waals surface area (Å²) in [6.45, 7) is 2.29. The minimum atomic E-state index is -0.0146. The van der Waals surface area contributed by atoms with Crippen molar-refractivity contribution < 1.29 is 9.59 Å². The van der Waals surface area contributed by atoms with E-state index >= 15 is 0 Å². The summed E-state index contributed by atoms with van der Waals surface area (Å²) in [5.74, 6) is 0.243. The van der Waals surface area contributed by atoms with E-state index in [2.05, 4.69) is 26.6 Å². The molecule has 0 aromatic heterocycles. The molecular formula is C17H22BrN3O2. The van der Waals surface area contributed by atoms with Gasteiger partial charge in [-0.25, -0.2) is 0 Å². The number of carbonyl (C=O) groups excluding carboxylic acids is 2. The Morgan fingerprint density at radius 2 is 1.83 bits per heavy atom. The van der Waals surface area contributed by atoms with E-state index in [-0.39, 0.29) is 23.8 Å². The fraction of sp³-hybridized carbons (Fsp3) is 0.529. The third kappa shape index (κ3) is 4.12. The van der Waals surface area contributed by atoms with E-state index in [0.717, 1.165) is 42.4 Å². The second-order valence-corrected chi connectivity index (χ2v) is 7.16. The van der Waals surface area contributed by atoms with Gasteiger partial charge in [0, 0.05) is 29.2 Å². The maximum Gasteiger partial charge on any atom is 0.239 e. The maximum absolute atomic E-state index is 12.4. The van der Waals surface area contributed by atoms with Gasteiger partial charge in [0.1, 0.15) is 0 Å². The van der Waals surface area contributed by atoms with E-state index < -0.39 is 0 Å². The minimum Gasteiger partial charge on any atom is -0.341 e. The monoisotopic (exact) mass is 379 g/mol. The molecule has 0 aliphatic carbocycles. The molecule has 2 aliphatic heterocycles. The molecule has 1 atom stereocenters. The molecule has 1 aromatic rings. The Balaban J connectivity index is 1.49. The van der Waals surface area contributed by atoms with Crippen LogP contribution in [0, 0.1) is 5.92 Å². The van der Waals surface area contributed by atoms with Gasteiger partial charge in [-0.15, -0.1) is 0 Å². The first-order valence-corrected chi connectivity index (χ1v) is 9.01. The highest BCUT2D eigenvalue weighted by Gasteiger charge is 2.31. The first kappa shape index (κ1) is 16.5. The van der Waals surface area contributed by atoms with Crippen LogP contribution in [0.1, 0.15) is 25.7 Å². The summed E-state index contributed by atoms with van der Waals surface area (Å²) >= 11 is 3.38. The number of hydrogen-bond acceptors (Lipinski definition) is 3. The van der Waals surface area contributed by atoms with E-state index in [1.807, 2.05) is 29.2 Å². The van der Waals surface area contributed by atoms with Crippen LogP contribution in [0.15, 0.2) is 28.7 Å². The van der Waals surface area contributed by atoms with Gasteiger partial charge >= 0.3 is 0 Å². The van der Waals surface area contributed by atoms with E-state index in [0.29, 0.717) is 13.1 Å². The van der Waals surface area contributed by atoms with Crippen molar-refractivity contribution >= 4 is 33.4 Å². The SMILES string of the molecule is O=C(Nc1ccc(Br)cc1)C1CCN(C(=O)C2CCCN2)CC1. The lowest BCUT2D eigenvalue weighted by atomic mass is 9.95. The molecule has 0 saturated carbocycles. The molecule has 2 saturated heterocycles. The van der Waals surface area contributed by atoms with Gasteiger partial charge in [0.25, 0.3) is 0 Å². The van der Waals surface area contributed by atoms with Gasteiger partial charge < -0.3 is 15.5 Å². The smallest absolute Gasteiger partial charge is 0.239 e. The van der Waals surface area contributed by atoms with Gasteiger partial charge in [0.2, 0.25) is 11.8 Å². The van der Waals surface area contributed by atoms with E-state index in [9.17, 15) is 9.59 Å². The van der Waals surface area contributed by atoms with Crippen LogP contribution in [0.2, 0.25) is 0 Å². The number of likely N-dealkylation sites (tertiary alicyclic amines) is 1. The minimum absolute atomic E-state index is 0.0110. The zero-order chi connectivity index (χ0) is 16.2. The van der Waals surface area contributed by atoms with Gasteiger partial charge in [0.15, 0.2) is 0 Å². The number of carbonyl (C=O) groups is 2. The average Bonchev–Trinajstić information content (AvgIpc) is 3.11. The van der Waals surface area contributed by atoms with E-state index in [1.165, 1.54) is 0 Å². The number of halogens is 1. The van der Waals surface area contributed by atoms with Crippen LogP contribution in [-0.2, 0) is 9.59 Å². The Labute approximate surface area is 144 Å². The summed E-state index contributed by atoms with van der Waals surface area (Å²) in [4.78, 5) is 26.6. The van der Waals surface area contributed by atoms with Crippen LogP contribution in [-0.4, -0.2) is 42.4 Å². The fourth-order valence-electron chi connectivity index (χ4n) is 3.26. The zero-order valence-corrected chi connectivity index (χ0v) is 14.6. The lowest BCUT2D eigenvalue weighted by Gasteiger charge is -2.33. The summed E-state index contributed by atoms with van der Waals surface area (Å²) in [5.41, 5.74) is 0.812. The van der Waals surface area contributed by atoms with Crippen LogP contribution in [0.5, 0.6) is 0 Å². The van der Waals surface area contributed by atoms with Crippen LogP contribution in [0.4, 0.5) is 5.69 Å². The quantitative estimate of drug-likeness (QED) is 0.847. The van der Waals surface area contributed by atoms with Gasteiger partial charge in [-0.1, -0.05) is 15.9 Å². The molecular weight excluding hydrogens is 358 g/mol. The number of piperidine rings is 1. The zero-order valence-electron chi connectivity index (χ0n) is 13.1. The molecule has 5 nitrogen and oxygen atoms in total. The summed E-state index contributed by atoms with van der Waals surface area (Å²) in [6.07, 6.45) is 3.48. The van der Waals surface area contributed by atoms with Crippen LogP contribution < -0.4 is 10.6 Å². The molecule has 2 heterocycles. The predicted octanol–water partition coefficient (Wildman–Crippen LogP) is 2.38. The molecule has 6 heteroatoms. The summed E-state index contributed by atoms with van der Waals surface area (Å²) in [5, 5.41) is 6.21. The molecule has 2 amide bonds. The number of nitrogens with zero attached hydrogens (tertiary/aromatic N) is 1. The molecule has 1 unspecified atom stereocenters. The normalized spacial score (nSPS) is 22.1. The van der Waals surface area contributed by atoms with E-state index in [1.54, 1.807) is 0 Å². The van der Waals surface area contributed by atoms with Crippen molar-refractivity contribution in [2.45, 2.75) is 31.7 Å². The van der Waals surface area contributed by atoms with Crippen molar-refractivity contribution in [2.75, 3.05) is 25.0 Å². The molecule has 2 N–H and O–H groups in total. The summed E-state index contributed by atoms with van der Waals surface area (Å²) in [7, 11) is 0. The van der Waals surface area contributed by atoms with Crippen molar-refractivity contribution in [1.29, 1.82) is 0 Å². The molecule has 3 rings (SSSR count). The number of hydrogen-bond donors (Lipinski definition) is 2. The molecule has 0 spiro atoms. The molecule has 2 fully saturated rings. The third-order valence-corrected chi connectivity index (χ3v) is 5.18. The van der Waals surface area contributed by atoms with Crippen LogP contribution in [0.25, 0.3) is 0 Å². The molecule has 0 bridgehead atoms. The largest absolute Gasteiger partial charge is 0.341 e. The number of anilines is 1. The highest BCUT2D eigenvalue weighted by molar-refractivity contribution is 9.10. The van der Waals surface area contributed by atoms with Crippen molar-refractivity contribution in [3.05, 3.63) is 28.7 Å². The predicted molar refractivity (Wildman–Crippen MR) is 93.1 cm³/mol. The fourth-order valence-corrected chi connectivity index (χ4v) is 3.52. The van der Waals surface area contributed by atoms with Gasteiger partial charge in [-0.2, -0.15) is 0 Å². The molecule has 124 valence electrons. The summed E-state index contributed by atoms with van der Waals surface area (Å²) < 4.78 is 0.989. The Hall–Kier alpha value is -1.40. The van der Waals surface area contributed by atoms with Crippen molar-refractivity contribution in [1.82, 2.24) is 10.2 Å². The highest BCUT2D eigenvalue weighted by atomic mass is 79.9. The molecule has 2 aliphatic rings. The van der Waals surface area contributed by atoms with Crippen molar-refractivity contribution in [3.8, 4) is 0 Å². The van der Waals surface area contributed by atoms with Crippen molar-refractivity contribution in [2.24, 2.45) is 5.92 Å². The first-order valence-electron chi connectivity index (χ1n) is 8.22. The second kappa shape index (κ2) is 7.45. The molecule has 0 radical (unpaired) electrons. The first-order chi connectivity index (χ1) is 11.1. The number of benzene rings is 1. The van der Waals surface area contributed by atoms with E-state index in [4.69, 9.17) is 0 Å². The Bertz CT molecular complexity index is 562. The lowest BCUT2D eigenvalue weighted by Crippen LogP contribution is -2.48. The van der Waals surface area contributed by atoms with Gasteiger partial charge in [-0.05, 0) is 56.5 Å². The summed E-state index contributed by atoms with van der Waals surface area (Å²) in [6, 6.07) is 7.57. The van der Waals surface area contributed by atoms with Crippen LogP contribution in [0.3, 0.4) is 0 Å². The van der Waals surface area contributed by atoms with Gasteiger partial charge in [-0.3, -0.25) is 9.59 Å². The topological polar surface area (TPSA) is 61.4 Å². The molecule has 23 heavy (non-hydrogen) atoms. The number of rotatable bonds is 3. The third-order valence-electron chi connectivity index (χ3n) is 4.65. The molecule has 1 aromatic carbocycles. The van der Waals surface area contributed by atoms with Crippen molar-refractivity contribution in [3.63, 3.8) is 0 Å². The average molecular weight is 380 g/mol. The van der Waals surface area contributed by atoms with Crippen LogP contribution >= 0.6 is 15.9 Å². The Morgan fingerprint density at radius 3 is 2.43 bits per heavy atom. The maximum atomic E-state index is 12.4. The standard InChI is InChI=1S/C17H22BrN3O2/c18-13-3-5-14(6-4-13)20-16(22)12-7-10-21(11-8-12)17(23)15-2-1-9-19-15/h3-6,12,15,19H,1-2,7-11H2,(H,20,22).